The molecule has 8 nitrogen and oxygen atoms in total. The molecule has 2 heterocycles. The fraction of sp³-hybridized carbons (Fsp3) is 0.385. The molecular formula is C13H15F3N4O4. The van der Waals surface area contributed by atoms with Gasteiger partial charge in [0.05, 0.1) is 0 Å². The molecule has 0 amide bonds. The van der Waals surface area contributed by atoms with Gasteiger partial charge in [-0.15, -0.1) is 10.2 Å². The van der Waals surface area contributed by atoms with Crippen LogP contribution in [0.3, 0.4) is 0 Å². The largest absolute Gasteiger partial charge is 0.490 e. The summed E-state index contributed by atoms with van der Waals surface area (Å²) in [5, 5.41) is 24.6. The van der Waals surface area contributed by atoms with Crippen LogP contribution < -0.4 is 5.73 Å². The molecule has 0 radical (unpaired) electrons. The van der Waals surface area contributed by atoms with Crippen LogP contribution in [0.1, 0.15) is 25.3 Å². The lowest BCUT2D eigenvalue weighted by Crippen LogP contribution is -2.27. The first-order valence-electron chi connectivity index (χ1n) is 6.64. The predicted molar refractivity (Wildman–Crippen MR) is 74.4 cm³/mol. The first kappa shape index (κ1) is 19.5. The van der Waals surface area contributed by atoms with Crippen LogP contribution in [0.2, 0.25) is 0 Å². The van der Waals surface area contributed by atoms with Gasteiger partial charge >= 0.3 is 12.1 Å². The van der Waals surface area contributed by atoms with E-state index >= 15 is 0 Å². The number of carboxylic acids is 1. The number of alkyl halides is 3. The average Bonchev–Trinajstić information content (AvgIpc) is 3.04. The molecule has 132 valence electrons. The maximum absolute atomic E-state index is 10.6. The van der Waals surface area contributed by atoms with Crippen molar-refractivity contribution in [3.63, 3.8) is 0 Å². The third-order valence-electron chi connectivity index (χ3n) is 2.74. The molecule has 0 aliphatic rings. The molecule has 0 saturated carbocycles. The Morgan fingerprint density at radius 2 is 1.88 bits per heavy atom. The average molecular weight is 348 g/mol. The number of carboxylic acid groups (broad SMARTS) is 1. The Bertz CT molecular complexity index is 648. The fourth-order valence-electron chi connectivity index (χ4n) is 1.37. The molecule has 2 rings (SSSR count). The number of pyridine rings is 1. The third-order valence-corrected chi connectivity index (χ3v) is 2.74. The van der Waals surface area contributed by atoms with Crippen molar-refractivity contribution in [2.45, 2.75) is 31.7 Å². The summed E-state index contributed by atoms with van der Waals surface area (Å²) in [7, 11) is 0. The van der Waals surface area contributed by atoms with E-state index in [2.05, 4.69) is 15.2 Å². The van der Waals surface area contributed by atoms with Crippen LogP contribution in [0.15, 0.2) is 28.9 Å². The normalized spacial score (nSPS) is 13.6. The van der Waals surface area contributed by atoms with E-state index in [0.717, 1.165) is 5.56 Å². The molecule has 0 aliphatic heterocycles. The van der Waals surface area contributed by atoms with Crippen LogP contribution in [-0.2, 0) is 4.79 Å². The molecule has 11 heteroatoms. The highest BCUT2D eigenvalue weighted by atomic mass is 19.4. The van der Waals surface area contributed by atoms with E-state index in [1.807, 2.05) is 6.92 Å². The van der Waals surface area contributed by atoms with Gasteiger partial charge in [0.1, 0.15) is 6.10 Å². The second-order valence-corrected chi connectivity index (χ2v) is 4.50. The monoisotopic (exact) mass is 348 g/mol. The van der Waals surface area contributed by atoms with Crippen molar-refractivity contribution >= 4 is 5.97 Å². The highest BCUT2D eigenvalue weighted by molar-refractivity contribution is 5.73. The number of aromatic nitrogens is 3. The van der Waals surface area contributed by atoms with Crippen LogP contribution >= 0.6 is 0 Å². The Balaban J connectivity index is 0.000000351. The zero-order valence-electron chi connectivity index (χ0n) is 12.4. The van der Waals surface area contributed by atoms with E-state index in [1.165, 1.54) is 0 Å². The minimum atomic E-state index is -5.08. The molecule has 2 atom stereocenters. The van der Waals surface area contributed by atoms with Crippen molar-refractivity contribution in [3.8, 4) is 11.5 Å². The summed E-state index contributed by atoms with van der Waals surface area (Å²) in [6.07, 6.45) is -2.11. The van der Waals surface area contributed by atoms with E-state index < -0.39 is 24.3 Å². The lowest BCUT2D eigenvalue weighted by atomic mass is 10.1. The molecular weight excluding hydrogens is 333 g/mol. The Kier molecular flexibility index (Phi) is 6.80. The van der Waals surface area contributed by atoms with E-state index in [0.29, 0.717) is 12.3 Å². The van der Waals surface area contributed by atoms with Crippen molar-refractivity contribution in [2.24, 2.45) is 5.73 Å². The summed E-state index contributed by atoms with van der Waals surface area (Å²) in [6.45, 7) is 1.88. The maximum atomic E-state index is 10.6. The van der Waals surface area contributed by atoms with Crippen LogP contribution in [0, 0.1) is 0 Å². The van der Waals surface area contributed by atoms with Gasteiger partial charge in [0.15, 0.2) is 0 Å². The molecule has 0 bridgehead atoms. The topological polar surface area (TPSA) is 135 Å². The van der Waals surface area contributed by atoms with E-state index in [9.17, 15) is 18.3 Å². The summed E-state index contributed by atoms with van der Waals surface area (Å²) in [4.78, 5) is 12.8. The van der Waals surface area contributed by atoms with E-state index in [-0.39, 0.29) is 5.89 Å². The van der Waals surface area contributed by atoms with Crippen molar-refractivity contribution < 1.29 is 32.6 Å². The van der Waals surface area contributed by atoms with Gasteiger partial charge < -0.3 is 20.4 Å². The standard InChI is InChI=1S/C11H14N4O2.C2HF3O2/c1-2-8(12)9(16)11-15-14-10(17-11)7-3-5-13-6-4-7;3-2(4,5)1(6)7/h3-6,8-9,16H,2,12H2,1H3;(H,6,7). The summed E-state index contributed by atoms with van der Waals surface area (Å²) in [6, 6.07) is 3.10. The molecule has 0 spiro atoms. The summed E-state index contributed by atoms with van der Waals surface area (Å²) in [5.74, 6) is -2.26. The molecule has 0 saturated heterocycles. The quantitative estimate of drug-likeness (QED) is 0.757. The highest BCUT2D eigenvalue weighted by Gasteiger charge is 2.38. The predicted octanol–water partition coefficient (Wildman–Crippen LogP) is 1.54. The molecule has 2 aromatic rings. The molecule has 24 heavy (non-hydrogen) atoms. The number of nitrogens with zero attached hydrogens (tertiary/aromatic N) is 3. The number of halogens is 3. The van der Waals surface area contributed by atoms with Crippen molar-refractivity contribution in [2.75, 3.05) is 0 Å². The Morgan fingerprint density at radius 1 is 1.33 bits per heavy atom. The second kappa shape index (κ2) is 8.36. The number of hydrogen-bond donors (Lipinski definition) is 3. The third kappa shape index (κ3) is 5.59. The van der Waals surface area contributed by atoms with Crippen LogP contribution in [0.5, 0.6) is 0 Å². The molecule has 0 aliphatic carbocycles. The van der Waals surface area contributed by atoms with Gasteiger partial charge in [0, 0.05) is 24.0 Å². The number of hydrogen-bond acceptors (Lipinski definition) is 7. The van der Waals surface area contributed by atoms with Gasteiger partial charge in [-0.1, -0.05) is 6.92 Å². The summed E-state index contributed by atoms with van der Waals surface area (Å²) in [5.41, 5.74) is 6.47. The molecule has 2 aromatic heterocycles. The molecule has 0 aromatic carbocycles. The Labute approximate surface area is 134 Å². The maximum Gasteiger partial charge on any atom is 0.490 e. The minimum absolute atomic E-state index is 0.145. The van der Waals surface area contributed by atoms with Crippen LogP contribution in [0.25, 0.3) is 11.5 Å². The van der Waals surface area contributed by atoms with Gasteiger partial charge in [0.25, 0.3) is 0 Å². The first-order chi connectivity index (χ1) is 11.2. The van der Waals surface area contributed by atoms with Crippen LogP contribution in [-0.4, -0.2) is 43.6 Å². The fourth-order valence-corrected chi connectivity index (χ4v) is 1.37. The molecule has 0 fully saturated rings. The van der Waals surface area contributed by atoms with Crippen molar-refractivity contribution in [1.82, 2.24) is 15.2 Å². The van der Waals surface area contributed by atoms with Gasteiger partial charge in [-0.3, -0.25) is 4.98 Å². The van der Waals surface area contributed by atoms with Gasteiger partial charge in [-0.05, 0) is 18.6 Å². The highest BCUT2D eigenvalue weighted by Crippen LogP contribution is 2.21. The van der Waals surface area contributed by atoms with E-state index in [1.54, 1.807) is 24.5 Å². The lowest BCUT2D eigenvalue weighted by Gasteiger charge is -2.12. The lowest BCUT2D eigenvalue weighted by molar-refractivity contribution is -0.192. The van der Waals surface area contributed by atoms with E-state index in [4.69, 9.17) is 20.1 Å². The van der Waals surface area contributed by atoms with Gasteiger partial charge in [-0.2, -0.15) is 13.2 Å². The smallest absolute Gasteiger partial charge is 0.475 e. The van der Waals surface area contributed by atoms with Gasteiger partial charge in [0.2, 0.25) is 11.8 Å². The Hall–Kier alpha value is -2.53. The second-order valence-electron chi connectivity index (χ2n) is 4.50. The molecule has 2 unspecified atom stereocenters. The van der Waals surface area contributed by atoms with Crippen molar-refractivity contribution in [3.05, 3.63) is 30.4 Å². The summed E-state index contributed by atoms with van der Waals surface area (Å²) >= 11 is 0. The summed E-state index contributed by atoms with van der Waals surface area (Å²) < 4.78 is 37.1. The molecule has 4 N–H and O–H groups in total. The number of aliphatic hydroxyl groups excluding tert-OH is 1. The number of rotatable bonds is 4. The first-order valence-corrected chi connectivity index (χ1v) is 6.64. The SMILES string of the molecule is CCC(N)C(O)c1nnc(-c2ccncc2)o1.O=C(O)C(F)(F)F. The minimum Gasteiger partial charge on any atom is -0.475 e. The number of aliphatic hydroxyl groups is 1. The zero-order chi connectivity index (χ0) is 18.3. The van der Waals surface area contributed by atoms with Crippen molar-refractivity contribution in [1.29, 1.82) is 0 Å². The zero-order valence-corrected chi connectivity index (χ0v) is 12.4. The van der Waals surface area contributed by atoms with Crippen LogP contribution in [0.4, 0.5) is 13.2 Å². The van der Waals surface area contributed by atoms with Gasteiger partial charge in [-0.25, -0.2) is 4.79 Å². The number of aliphatic carboxylic acids is 1. The Morgan fingerprint density at radius 3 is 2.33 bits per heavy atom. The number of carbonyl (C=O) groups is 1. The number of nitrogens with two attached hydrogens (primary N) is 1.